The maximum absolute atomic E-state index is 13.8. The number of halogens is 2. The first kappa shape index (κ1) is 27.6. The van der Waals surface area contributed by atoms with E-state index >= 15 is 0 Å². The fourth-order valence-corrected chi connectivity index (χ4v) is 7.54. The van der Waals surface area contributed by atoms with E-state index < -0.39 is 21.7 Å². The highest BCUT2D eigenvalue weighted by molar-refractivity contribution is 9.10. The van der Waals surface area contributed by atoms with Crippen molar-refractivity contribution in [2.45, 2.75) is 43.5 Å². The third-order valence-electron chi connectivity index (χ3n) is 6.66. The molecule has 11 heteroatoms. The second-order valence-corrected chi connectivity index (χ2v) is 13.0. The van der Waals surface area contributed by atoms with Gasteiger partial charge in [-0.1, -0.05) is 52.7 Å². The van der Waals surface area contributed by atoms with Crippen LogP contribution in [0.4, 0.5) is 9.52 Å². The van der Waals surface area contributed by atoms with Crippen LogP contribution >= 0.6 is 27.3 Å². The molecule has 1 aliphatic heterocycles. The first-order chi connectivity index (χ1) is 18.8. The molecular formula is C28H26BrFN4O3S2. The molecule has 3 aromatic carbocycles. The summed E-state index contributed by atoms with van der Waals surface area (Å²) in [6.07, 6.45) is 5.00. The molecule has 0 N–H and O–H groups in total. The number of hydrogen-bond donors (Lipinski definition) is 0. The Morgan fingerprint density at radius 3 is 2.62 bits per heavy atom. The molecule has 5 rings (SSSR count). The first-order valence-corrected chi connectivity index (χ1v) is 15.6. The molecule has 0 spiro atoms. The molecule has 1 unspecified atom stereocenters. The number of piperidine rings is 1. The topological polar surface area (TPSA) is 82.9 Å². The monoisotopic (exact) mass is 628 g/mol. The number of aromatic nitrogens is 1. The van der Waals surface area contributed by atoms with Crippen molar-refractivity contribution in [1.82, 2.24) is 9.29 Å². The van der Waals surface area contributed by atoms with Crippen LogP contribution in [0, 0.1) is 5.82 Å². The molecule has 1 saturated heterocycles. The van der Waals surface area contributed by atoms with Crippen molar-refractivity contribution in [3.8, 4) is 0 Å². The molecule has 0 bridgehead atoms. The summed E-state index contributed by atoms with van der Waals surface area (Å²) in [5, 5.41) is 5.85. The van der Waals surface area contributed by atoms with E-state index in [4.69, 9.17) is 0 Å². The number of nitrogens with zero attached hydrogens (tertiary/aromatic N) is 4. The fourth-order valence-electron chi connectivity index (χ4n) is 4.56. The van der Waals surface area contributed by atoms with Crippen molar-refractivity contribution in [2.24, 2.45) is 5.10 Å². The molecule has 0 radical (unpaired) electrons. The fraction of sp³-hybridized carbons (Fsp3) is 0.250. The number of thiazole rings is 1. The highest BCUT2D eigenvalue weighted by atomic mass is 79.9. The number of carbonyl (C=O) groups excluding carboxylic acids is 1. The van der Waals surface area contributed by atoms with E-state index in [-0.39, 0.29) is 21.6 Å². The lowest BCUT2D eigenvalue weighted by Gasteiger charge is -2.34. The molecule has 1 aromatic heterocycles. The molecule has 0 saturated carbocycles. The van der Waals surface area contributed by atoms with Gasteiger partial charge in [-0.25, -0.2) is 17.8 Å². The Labute approximate surface area is 239 Å². The Balaban J connectivity index is 1.47. The number of hydrazone groups is 1. The summed E-state index contributed by atoms with van der Waals surface area (Å²) in [4.78, 5) is 18.3. The Hall–Kier alpha value is -2.99. The van der Waals surface area contributed by atoms with Gasteiger partial charge in [0.05, 0.1) is 21.3 Å². The zero-order valence-corrected chi connectivity index (χ0v) is 24.3. The number of amides is 1. The van der Waals surface area contributed by atoms with Crippen LogP contribution in [0.2, 0.25) is 0 Å². The molecule has 39 heavy (non-hydrogen) atoms. The van der Waals surface area contributed by atoms with E-state index in [1.165, 1.54) is 42.6 Å². The molecular weight excluding hydrogens is 603 g/mol. The largest absolute Gasteiger partial charge is 0.280 e. The second-order valence-electron chi connectivity index (χ2n) is 9.22. The quantitative estimate of drug-likeness (QED) is 0.166. The SMILES string of the molecule is CCC1CCCCN1S(=O)(=O)c1ccc(C(=O)N(/N=C/c2ccc(Br)cc2)c2nc3ccc(F)cc3s2)cc1. The van der Waals surface area contributed by atoms with Gasteiger partial charge in [0, 0.05) is 22.6 Å². The second kappa shape index (κ2) is 11.6. The van der Waals surface area contributed by atoms with Crippen molar-refractivity contribution >= 4 is 64.8 Å². The number of sulfonamides is 1. The van der Waals surface area contributed by atoms with Crippen LogP contribution in [0.1, 0.15) is 48.5 Å². The van der Waals surface area contributed by atoms with Crippen molar-refractivity contribution in [2.75, 3.05) is 11.6 Å². The molecule has 1 aliphatic rings. The third-order valence-corrected chi connectivity index (χ3v) is 10.1. The zero-order valence-electron chi connectivity index (χ0n) is 21.1. The van der Waals surface area contributed by atoms with Gasteiger partial charge in [-0.3, -0.25) is 4.79 Å². The molecule has 1 amide bonds. The smallest absolute Gasteiger partial charge is 0.267 e. The van der Waals surface area contributed by atoms with Gasteiger partial charge in [0.25, 0.3) is 5.91 Å². The zero-order chi connectivity index (χ0) is 27.6. The van der Waals surface area contributed by atoms with Crippen LogP contribution in [-0.4, -0.2) is 42.4 Å². The van der Waals surface area contributed by atoms with Gasteiger partial charge in [-0.2, -0.15) is 14.4 Å². The molecule has 4 aromatic rings. The van der Waals surface area contributed by atoms with E-state index in [0.717, 1.165) is 52.1 Å². The predicted octanol–water partition coefficient (Wildman–Crippen LogP) is 6.83. The Kier molecular flexibility index (Phi) is 8.22. The van der Waals surface area contributed by atoms with Gasteiger partial charge in [0.2, 0.25) is 15.2 Å². The Bertz CT molecular complexity index is 1620. The van der Waals surface area contributed by atoms with Crippen molar-refractivity contribution in [3.05, 3.63) is 88.1 Å². The summed E-state index contributed by atoms with van der Waals surface area (Å²) < 4.78 is 43.6. The predicted molar refractivity (Wildman–Crippen MR) is 156 cm³/mol. The number of hydrogen-bond acceptors (Lipinski definition) is 6. The van der Waals surface area contributed by atoms with E-state index in [1.807, 2.05) is 31.2 Å². The summed E-state index contributed by atoms with van der Waals surface area (Å²) in [6.45, 7) is 2.50. The van der Waals surface area contributed by atoms with E-state index in [9.17, 15) is 17.6 Å². The number of carbonyl (C=O) groups is 1. The lowest BCUT2D eigenvalue weighted by molar-refractivity contribution is 0.0987. The number of benzene rings is 3. The van der Waals surface area contributed by atoms with Crippen molar-refractivity contribution < 1.29 is 17.6 Å². The van der Waals surface area contributed by atoms with E-state index in [2.05, 4.69) is 26.0 Å². The van der Waals surface area contributed by atoms with Crippen LogP contribution in [0.15, 0.2) is 81.2 Å². The van der Waals surface area contributed by atoms with E-state index in [1.54, 1.807) is 10.4 Å². The maximum atomic E-state index is 13.8. The van der Waals surface area contributed by atoms with Gasteiger partial charge in [0.15, 0.2) is 0 Å². The van der Waals surface area contributed by atoms with Crippen LogP contribution in [0.5, 0.6) is 0 Å². The molecule has 202 valence electrons. The highest BCUT2D eigenvalue weighted by Crippen LogP contribution is 2.31. The summed E-state index contributed by atoms with van der Waals surface area (Å²) in [7, 11) is -3.68. The van der Waals surface area contributed by atoms with E-state index in [0.29, 0.717) is 16.8 Å². The average Bonchev–Trinajstić information content (AvgIpc) is 3.36. The average molecular weight is 630 g/mol. The van der Waals surface area contributed by atoms with Crippen LogP contribution in [0.25, 0.3) is 10.2 Å². The van der Waals surface area contributed by atoms with Gasteiger partial charge in [0.1, 0.15) is 5.82 Å². The maximum Gasteiger partial charge on any atom is 0.280 e. The standard InChI is InChI=1S/C28H26BrFN4O3S2/c1-2-23-5-3-4-16-33(23)39(36,37)24-13-8-20(9-14-24)27(35)34(31-18-19-6-10-21(29)11-7-19)28-32-25-15-12-22(30)17-26(25)38-28/h6-15,17-18,23H,2-5,16H2,1H3/b31-18+. The highest BCUT2D eigenvalue weighted by Gasteiger charge is 2.32. The molecule has 1 fully saturated rings. The third kappa shape index (κ3) is 5.96. The molecule has 0 aliphatic carbocycles. The van der Waals surface area contributed by atoms with Gasteiger partial charge < -0.3 is 0 Å². The summed E-state index contributed by atoms with van der Waals surface area (Å²) in [5.41, 5.74) is 1.55. The van der Waals surface area contributed by atoms with Gasteiger partial charge in [-0.15, -0.1) is 0 Å². The van der Waals surface area contributed by atoms with Crippen molar-refractivity contribution in [1.29, 1.82) is 0 Å². The minimum Gasteiger partial charge on any atom is -0.267 e. The Morgan fingerprint density at radius 1 is 1.15 bits per heavy atom. The minimum absolute atomic E-state index is 0.0163. The van der Waals surface area contributed by atoms with Crippen LogP contribution in [-0.2, 0) is 10.0 Å². The van der Waals surface area contributed by atoms with Crippen LogP contribution < -0.4 is 5.01 Å². The summed E-state index contributed by atoms with van der Waals surface area (Å²) >= 11 is 4.54. The Morgan fingerprint density at radius 2 is 1.90 bits per heavy atom. The number of rotatable bonds is 7. The molecule has 7 nitrogen and oxygen atoms in total. The first-order valence-electron chi connectivity index (χ1n) is 12.6. The van der Waals surface area contributed by atoms with Gasteiger partial charge >= 0.3 is 0 Å². The minimum atomic E-state index is -3.68. The molecule has 2 heterocycles. The molecule has 1 atom stereocenters. The van der Waals surface area contributed by atoms with Crippen molar-refractivity contribution in [3.63, 3.8) is 0 Å². The normalized spacial score (nSPS) is 16.6. The number of fused-ring (bicyclic) bond motifs is 1. The summed E-state index contributed by atoms with van der Waals surface area (Å²) in [5.74, 6) is -0.888. The summed E-state index contributed by atoms with van der Waals surface area (Å²) in [6, 6.07) is 17.5. The lowest BCUT2D eigenvalue weighted by atomic mass is 10.0. The number of anilines is 1. The lowest BCUT2D eigenvalue weighted by Crippen LogP contribution is -2.43. The van der Waals surface area contributed by atoms with Crippen LogP contribution in [0.3, 0.4) is 0 Å². The van der Waals surface area contributed by atoms with Gasteiger partial charge in [-0.05, 0) is 79.4 Å².